The Bertz CT molecular complexity index is 367. The Morgan fingerprint density at radius 2 is 1.82 bits per heavy atom. The van der Waals surface area contributed by atoms with Crippen molar-refractivity contribution in [2.75, 3.05) is 0 Å². The number of hydrogen-bond acceptors (Lipinski definition) is 2. The summed E-state index contributed by atoms with van der Waals surface area (Å²) >= 11 is 3.20. The van der Waals surface area contributed by atoms with Crippen LogP contribution in [0.1, 0.15) is 26.3 Å². The second-order valence-electron chi connectivity index (χ2n) is 5.36. The van der Waals surface area contributed by atoms with Crippen molar-refractivity contribution in [2.24, 2.45) is 5.41 Å². The fourth-order valence-corrected chi connectivity index (χ4v) is 2.17. The molecule has 1 aromatic rings. The summed E-state index contributed by atoms with van der Waals surface area (Å²) in [5, 5.41) is 19.8. The summed E-state index contributed by atoms with van der Waals surface area (Å²) < 4.78 is 13.8. The molecule has 0 spiro atoms. The summed E-state index contributed by atoms with van der Waals surface area (Å²) in [6, 6.07) is 4.46. The quantitative estimate of drug-likeness (QED) is 0.901. The molecule has 17 heavy (non-hydrogen) atoms. The van der Waals surface area contributed by atoms with E-state index in [1.165, 1.54) is 12.1 Å². The van der Waals surface area contributed by atoms with Gasteiger partial charge in [-0.15, -0.1) is 0 Å². The van der Waals surface area contributed by atoms with Crippen molar-refractivity contribution in [3.05, 3.63) is 34.1 Å². The van der Waals surface area contributed by atoms with E-state index < -0.39 is 17.6 Å². The van der Waals surface area contributed by atoms with Gasteiger partial charge in [-0.25, -0.2) is 4.39 Å². The summed E-state index contributed by atoms with van der Waals surface area (Å²) in [5.41, 5.74) is 0.261. The molecule has 2 nitrogen and oxygen atoms in total. The molecule has 0 aliphatic heterocycles. The van der Waals surface area contributed by atoms with E-state index in [9.17, 15) is 14.6 Å². The maximum absolute atomic E-state index is 13.1. The number of rotatable bonds is 3. The highest BCUT2D eigenvalue weighted by Gasteiger charge is 2.29. The Balaban J connectivity index is 2.77. The molecule has 0 aromatic heterocycles. The molecule has 0 saturated heterocycles. The fourth-order valence-electron chi connectivity index (χ4n) is 1.66. The van der Waals surface area contributed by atoms with Gasteiger partial charge < -0.3 is 10.2 Å². The third-order valence-electron chi connectivity index (χ3n) is 2.62. The van der Waals surface area contributed by atoms with Crippen molar-refractivity contribution in [3.8, 4) is 0 Å². The third kappa shape index (κ3) is 4.37. The molecule has 96 valence electrons. The van der Waals surface area contributed by atoms with Crippen LogP contribution in [0.5, 0.6) is 0 Å². The minimum atomic E-state index is -0.899. The normalized spacial score (nSPS) is 15.7. The molecular weight excluding hydrogens is 287 g/mol. The van der Waals surface area contributed by atoms with Gasteiger partial charge in [-0.1, -0.05) is 36.7 Å². The molecule has 0 saturated carbocycles. The van der Waals surface area contributed by atoms with Gasteiger partial charge in [0, 0.05) is 10.9 Å². The van der Waals surface area contributed by atoms with Gasteiger partial charge in [0.2, 0.25) is 0 Å². The Morgan fingerprint density at radius 3 is 2.29 bits per heavy atom. The number of benzene rings is 1. The monoisotopic (exact) mass is 304 g/mol. The first-order chi connectivity index (χ1) is 7.70. The number of hydrogen-bond donors (Lipinski definition) is 2. The second-order valence-corrected chi connectivity index (χ2v) is 6.28. The Kier molecular flexibility index (Phi) is 4.69. The van der Waals surface area contributed by atoms with Crippen molar-refractivity contribution in [1.29, 1.82) is 0 Å². The number of halogens is 2. The van der Waals surface area contributed by atoms with Crippen molar-refractivity contribution < 1.29 is 14.6 Å². The molecule has 0 radical (unpaired) electrons. The third-order valence-corrected chi connectivity index (χ3v) is 3.08. The lowest BCUT2D eigenvalue weighted by Gasteiger charge is -2.30. The summed E-state index contributed by atoms with van der Waals surface area (Å²) in [6.45, 7) is 5.55. The summed E-state index contributed by atoms with van der Waals surface area (Å²) in [5.74, 6) is -0.355. The van der Waals surface area contributed by atoms with Gasteiger partial charge in [-0.3, -0.25) is 0 Å². The largest absolute Gasteiger partial charge is 0.390 e. The zero-order valence-corrected chi connectivity index (χ0v) is 11.8. The lowest BCUT2D eigenvalue weighted by atomic mass is 9.84. The first-order valence-corrected chi connectivity index (χ1v) is 6.30. The van der Waals surface area contributed by atoms with E-state index in [1.807, 2.05) is 20.8 Å². The zero-order chi connectivity index (χ0) is 13.2. The average Bonchev–Trinajstić information content (AvgIpc) is 2.13. The minimum absolute atomic E-state index is 0.231. The van der Waals surface area contributed by atoms with E-state index in [4.69, 9.17) is 0 Å². The van der Waals surface area contributed by atoms with Crippen molar-refractivity contribution >= 4 is 15.9 Å². The molecule has 2 N–H and O–H groups in total. The van der Waals surface area contributed by atoms with Crippen molar-refractivity contribution in [3.63, 3.8) is 0 Å². The maximum Gasteiger partial charge on any atom is 0.124 e. The van der Waals surface area contributed by atoms with Gasteiger partial charge in [-0.05, 0) is 29.2 Å². The molecule has 0 bridgehead atoms. The number of aliphatic hydroxyl groups excluding tert-OH is 2. The molecule has 0 aliphatic carbocycles. The summed E-state index contributed by atoms with van der Waals surface area (Å²) in [7, 11) is 0. The van der Waals surface area contributed by atoms with E-state index in [-0.39, 0.29) is 12.2 Å². The van der Waals surface area contributed by atoms with Crippen molar-refractivity contribution in [2.45, 2.75) is 39.4 Å². The summed E-state index contributed by atoms with van der Waals surface area (Å²) in [4.78, 5) is 0. The highest BCUT2D eigenvalue weighted by atomic mass is 79.9. The predicted octanol–water partition coefficient (Wildman–Crippen LogP) is 2.90. The van der Waals surface area contributed by atoms with Crippen LogP contribution >= 0.6 is 15.9 Å². The van der Waals surface area contributed by atoms with Crippen LogP contribution in [0, 0.1) is 11.2 Å². The second kappa shape index (κ2) is 5.46. The lowest BCUT2D eigenvalue weighted by molar-refractivity contribution is -0.0434. The molecule has 2 atom stereocenters. The Labute approximate surface area is 110 Å². The van der Waals surface area contributed by atoms with Gasteiger partial charge in [-0.2, -0.15) is 0 Å². The highest BCUT2D eigenvalue weighted by molar-refractivity contribution is 9.10. The van der Waals surface area contributed by atoms with Crippen LogP contribution in [0.4, 0.5) is 4.39 Å². The first-order valence-electron chi connectivity index (χ1n) is 5.51. The van der Waals surface area contributed by atoms with Gasteiger partial charge in [0.25, 0.3) is 0 Å². The van der Waals surface area contributed by atoms with Crippen LogP contribution in [-0.2, 0) is 6.42 Å². The Morgan fingerprint density at radius 1 is 1.24 bits per heavy atom. The Hall–Kier alpha value is -0.450. The first kappa shape index (κ1) is 14.6. The van der Waals surface area contributed by atoms with E-state index in [2.05, 4.69) is 15.9 Å². The van der Waals surface area contributed by atoms with Crippen LogP contribution in [0.15, 0.2) is 22.7 Å². The SMILES string of the molecule is CC(C)(C)C(O)C(O)Cc1cc(F)cc(Br)c1. The molecule has 4 heteroatoms. The number of aliphatic hydroxyl groups is 2. The smallest absolute Gasteiger partial charge is 0.124 e. The molecule has 1 aromatic carbocycles. The van der Waals surface area contributed by atoms with Crippen LogP contribution in [0.2, 0.25) is 0 Å². The molecule has 2 unspecified atom stereocenters. The fraction of sp³-hybridized carbons (Fsp3) is 0.538. The lowest BCUT2D eigenvalue weighted by Crippen LogP contribution is -2.38. The standard InChI is InChI=1S/C13H18BrFO2/c1-13(2,3)12(17)11(16)6-8-4-9(14)7-10(15)5-8/h4-5,7,11-12,16-17H,6H2,1-3H3. The molecule has 0 aliphatic rings. The molecule has 0 heterocycles. The van der Waals surface area contributed by atoms with Crippen molar-refractivity contribution in [1.82, 2.24) is 0 Å². The molecular formula is C13H18BrFO2. The minimum Gasteiger partial charge on any atom is -0.390 e. The summed E-state index contributed by atoms with van der Waals surface area (Å²) in [6.07, 6.45) is -1.51. The average molecular weight is 305 g/mol. The predicted molar refractivity (Wildman–Crippen MR) is 69.3 cm³/mol. The van der Waals surface area contributed by atoms with E-state index >= 15 is 0 Å². The van der Waals surface area contributed by atoms with Crippen LogP contribution in [0.25, 0.3) is 0 Å². The van der Waals surface area contributed by atoms with E-state index in [0.29, 0.717) is 10.0 Å². The molecule has 1 rings (SSSR count). The highest BCUT2D eigenvalue weighted by Crippen LogP contribution is 2.24. The van der Waals surface area contributed by atoms with E-state index in [1.54, 1.807) is 6.07 Å². The van der Waals surface area contributed by atoms with Crippen LogP contribution in [-0.4, -0.2) is 22.4 Å². The van der Waals surface area contributed by atoms with Gasteiger partial charge in [0.15, 0.2) is 0 Å². The van der Waals surface area contributed by atoms with Gasteiger partial charge >= 0.3 is 0 Å². The topological polar surface area (TPSA) is 40.5 Å². The maximum atomic E-state index is 13.1. The van der Waals surface area contributed by atoms with Gasteiger partial charge in [0.05, 0.1) is 12.2 Å². The van der Waals surface area contributed by atoms with E-state index in [0.717, 1.165) is 0 Å². The zero-order valence-electron chi connectivity index (χ0n) is 10.2. The van der Waals surface area contributed by atoms with Crippen LogP contribution < -0.4 is 0 Å². The molecule has 0 fully saturated rings. The van der Waals surface area contributed by atoms with Crippen LogP contribution in [0.3, 0.4) is 0 Å². The van der Waals surface area contributed by atoms with Gasteiger partial charge in [0.1, 0.15) is 5.82 Å². The molecule has 0 amide bonds.